The molecule has 0 amide bonds. The predicted octanol–water partition coefficient (Wildman–Crippen LogP) is 7.77. The number of hydrogen-bond donors (Lipinski definition) is 0. The van der Waals surface area contributed by atoms with Crippen LogP contribution in [-0.2, 0) is 17.9 Å². The predicted molar refractivity (Wildman–Crippen MR) is 130 cm³/mol. The molecule has 0 bridgehead atoms. The minimum Gasteiger partial charge on any atom is -0.201 e. The Morgan fingerprint density at radius 3 is 2.00 bits per heavy atom. The van der Waals surface area contributed by atoms with Crippen molar-refractivity contribution < 1.29 is 4.57 Å². The Labute approximate surface area is 185 Å². The van der Waals surface area contributed by atoms with Crippen LogP contribution in [0.1, 0.15) is 109 Å². The first-order valence-electron chi connectivity index (χ1n) is 11.8. The molecule has 1 aliphatic carbocycles. The van der Waals surface area contributed by atoms with E-state index in [1.54, 1.807) is 5.56 Å². The van der Waals surface area contributed by atoms with Gasteiger partial charge in [-0.05, 0) is 77.5 Å². The van der Waals surface area contributed by atoms with Gasteiger partial charge in [0.15, 0.2) is 6.20 Å². The standard InChI is InChI=1S/C29H44N/c1-20-17-22(27(2,3)4)11-12-23(20)26-18-25(28(5,6)7)24(19-30(26)10)21-13-15-29(8,9)16-14-21/h11-12,17-19,21H,13-16H2,1-10H3/q+1. The lowest BCUT2D eigenvalue weighted by molar-refractivity contribution is -0.661. The van der Waals surface area contributed by atoms with E-state index in [0.29, 0.717) is 11.3 Å². The Balaban J connectivity index is 2.08. The molecule has 1 nitrogen and oxygen atoms in total. The molecule has 1 heteroatoms. The van der Waals surface area contributed by atoms with Gasteiger partial charge in [-0.15, -0.1) is 0 Å². The zero-order valence-corrected chi connectivity index (χ0v) is 21.2. The smallest absolute Gasteiger partial charge is 0.201 e. The van der Waals surface area contributed by atoms with Crippen LogP contribution < -0.4 is 4.57 Å². The van der Waals surface area contributed by atoms with Gasteiger partial charge in [0.1, 0.15) is 7.05 Å². The largest absolute Gasteiger partial charge is 0.212 e. The second-order valence-corrected chi connectivity index (χ2v) is 12.6. The molecular formula is C29H44N+. The van der Waals surface area contributed by atoms with Crippen molar-refractivity contribution >= 4 is 0 Å². The maximum atomic E-state index is 2.49. The zero-order valence-electron chi connectivity index (χ0n) is 21.2. The van der Waals surface area contributed by atoms with Crippen LogP contribution in [0.4, 0.5) is 0 Å². The van der Waals surface area contributed by atoms with E-state index >= 15 is 0 Å². The summed E-state index contributed by atoms with van der Waals surface area (Å²) >= 11 is 0. The normalized spacial score (nSPS) is 17.9. The molecule has 0 radical (unpaired) electrons. The number of pyridine rings is 1. The van der Waals surface area contributed by atoms with Crippen molar-refractivity contribution in [3.63, 3.8) is 0 Å². The van der Waals surface area contributed by atoms with Crippen LogP contribution in [0, 0.1) is 12.3 Å². The highest BCUT2D eigenvalue weighted by molar-refractivity contribution is 5.63. The molecule has 1 aromatic heterocycles. The summed E-state index contributed by atoms with van der Waals surface area (Å²) in [7, 11) is 2.23. The first-order valence-corrected chi connectivity index (χ1v) is 11.8. The summed E-state index contributed by atoms with van der Waals surface area (Å²) in [5, 5.41) is 0. The third-order valence-electron chi connectivity index (χ3n) is 7.26. The Hall–Kier alpha value is -1.63. The van der Waals surface area contributed by atoms with Gasteiger partial charge in [0, 0.05) is 17.2 Å². The molecular weight excluding hydrogens is 362 g/mol. The SMILES string of the molecule is Cc1cc(C(C)(C)C)ccc1-c1cc(C(C)(C)C)c(C2CCC(C)(C)CC2)c[n+]1C. The van der Waals surface area contributed by atoms with E-state index in [-0.39, 0.29) is 10.8 Å². The number of nitrogens with zero attached hydrogens (tertiary/aromatic N) is 1. The highest BCUT2D eigenvalue weighted by Crippen LogP contribution is 2.45. The average Bonchev–Trinajstić information content (AvgIpc) is 2.60. The molecule has 3 rings (SSSR count). The van der Waals surface area contributed by atoms with Crippen LogP contribution in [0.25, 0.3) is 11.3 Å². The summed E-state index contributed by atoms with van der Waals surface area (Å²) in [6.45, 7) is 21.1. The van der Waals surface area contributed by atoms with Gasteiger partial charge in [0.05, 0.1) is 0 Å². The van der Waals surface area contributed by atoms with Crippen molar-refractivity contribution in [1.82, 2.24) is 0 Å². The van der Waals surface area contributed by atoms with Gasteiger partial charge >= 0.3 is 0 Å². The van der Waals surface area contributed by atoms with Crippen LogP contribution in [0.15, 0.2) is 30.5 Å². The minimum absolute atomic E-state index is 0.143. The maximum absolute atomic E-state index is 2.49. The number of rotatable bonds is 2. The van der Waals surface area contributed by atoms with Crippen LogP contribution in [0.5, 0.6) is 0 Å². The molecule has 1 fully saturated rings. The van der Waals surface area contributed by atoms with Crippen molar-refractivity contribution in [2.24, 2.45) is 12.5 Å². The van der Waals surface area contributed by atoms with Crippen molar-refractivity contribution in [2.45, 2.75) is 105 Å². The van der Waals surface area contributed by atoms with Crippen molar-refractivity contribution in [1.29, 1.82) is 0 Å². The Kier molecular flexibility index (Phi) is 6.00. The minimum atomic E-state index is 0.143. The van der Waals surface area contributed by atoms with Crippen LogP contribution in [0.2, 0.25) is 0 Å². The fraction of sp³-hybridized carbons (Fsp3) is 0.621. The van der Waals surface area contributed by atoms with Gasteiger partial charge in [-0.2, -0.15) is 0 Å². The van der Waals surface area contributed by atoms with Crippen molar-refractivity contribution in [3.8, 4) is 11.3 Å². The van der Waals surface area contributed by atoms with Gasteiger partial charge in [-0.3, -0.25) is 0 Å². The average molecular weight is 407 g/mol. The highest BCUT2D eigenvalue weighted by atomic mass is 14.9. The zero-order chi connectivity index (χ0) is 22.5. The summed E-state index contributed by atoms with van der Waals surface area (Å²) in [5.41, 5.74) is 9.39. The molecule has 164 valence electrons. The van der Waals surface area contributed by atoms with Crippen molar-refractivity contribution in [3.05, 3.63) is 52.7 Å². The lowest BCUT2D eigenvalue weighted by atomic mass is 9.69. The number of aryl methyl sites for hydroxylation is 2. The molecule has 0 spiro atoms. The molecule has 0 atom stereocenters. The number of hydrogen-bond acceptors (Lipinski definition) is 0. The second kappa shape index (κ2) is 7.81. The fourth-order valence-corrected chi connectivity index (χ4v) is 5.04. The molecule has 2 aromatic rings. The summed E-state index contributed by atoms with van der Waals surface area (Å²) < 4.78 is 2.38. The van der Waals surface area contributed by atoms with E-state index in [1.807, 2.05) is 0 Å². The van der Waals surface area contributed by atoms with Crippen LogP contribution in [0.3, 0.4) is 0 Å². The lowest BCUT2D eigenvalue weighted by Gasteiger charge is -2.36. The first-order chi connectivity index (χ1) is 13.7. The first kappa shape index (κ1) is 23.0. The molecule has 1 saturated carbocycles. The molecule has 0 unspecified atom stereocenters. The molecule has 1 heterocycles. The van der Waals surface area contributed by atoms with E-state index in [4.69, 9.17) is 0 Å². The molecule has 0 aliphatic heterocycles. The van der Waals surface area contributed by atoms with Gasteiger partial charge < -0.3 is 0 Å². The quantitative estimate of drug-likeness (QED) is 0.449. The highest BCUT2D eigenvalue weighted by Gasteiger charge is 2.33. The summed E-state index contributed by atoms with van der Waals surface area (Å²) in [6, 6.07) is 9.52. The maximum Gasteiger partial charge on any atom is 0.212 e. The van der Waals surface area contributed by atoms with E-state index < -0.39 is 0 Å². The molecule has 0 saturated heterocycles. The van der Waals surface area contributed by atoms with E-state index in [1.165, 1.54) is 53.6 Å². The van der Waals surface area contributed by atoms with E-state index in [0.717, 1.165) is 0 Å². The lowest BCUT2D eigenvalue weighted by Crippen LogP contribution is -2.35. The van der Waals surface area contributed by atoms with Gasteiger partial charge in [0.2, 0.25) is 5.69 Å². The van der Waals surface area contributed by atoms with Gasteiger partial charge in [-0.1, -0.05) is 67.5 Å². The number of benzene rings is 1. The van der Waals surface area contributed by atoms with Gasteiger partial charge in [0.25, 0.3) is 0 Å². The third-order valence-corrected chi connectivity index (χ3v) is 7.26. The Morgan fingerprint density at radius 2 is 1.50 bits per heavy atom. The van der Waals surface area contributed by atoms with E-state index in [9.17, 15) is 0 Å². The van der Waals surface area contributed by atoms with Gasteiger partial charge in [-0.25, -0.2) is 4.57 Å². The summed E-state index contributed by atoms with van der Waals surface area (Å²) in [6.07, 6.45) is 7.75. The van der Waals surface area contributed by atoms with Crippen molar-refractivity contribution in [2.75, 3.05) is 0 Å². The molecule has 1 aliphatic rings. The topological polar surface area (TPSA) is 3.88 Å². The molecule has 0 N–H and O–H groups in total. The monoisotopic (exact) mass is 406 g/mol. The van der Waals surface area contributed by atoms with E-state index in [2.05, 4.69) is 104 Å². The second-order valence-electron chi connectivity index (χ2n) is 12.6. The van der Waals surface area contributed by atoms with Crippen LogP contribution in [-0.4, -0.2) is 0 Å². The Bertz CT molecular complexity index is 909. The fourth-order valence-electron chi connectivity index (χ4n) is 5.04. The summed E-state index contributed by atoms with van der Waals surface area (Å²) in [5.74, 6) is 0.692. The third kappa shape index (κ3) is 4.82. The summed E-state index contributed by atoms with van der Waals surface area (Å²) in [4.78, 5) is 0. The number of aromatic nitrogens is 1. The Morgan fingerprint density at radius 1 is 0.900 bits per heavy atom. The molecule has 30 heavy (non-hydrogen) atoms. The van der Waals surface area contributed by atoms with Crippen LogP contribution >= 0.6 is 0 Å². The molecule has 1 aromatic carbocycles.